The minimum atomic E-state index is -1.01. The third-order valence-corrected chi connectivity index (χ3v) is 4.47. The number of nitrogens with one attached hydrogen (secondary N) is 1. The number of rotatable bonds is 8. The number of aryl methyl sites for hydroxylation is 1. The molecule has 9 heteroatoms. The third-order valence-electron chi connectivity index (χ3n) is 4.47. The first-order valence-electron chi connectivity index (χ1n) is 9.95. The predicted molar refractivity (Wildman–Crippen MR) is 122 cm³/mol. The number of ether oxygens (including phenoxy) is 2. The minimum absolute atomic E-state index is 0.00933. The number of nitro benzene ring substituents is 1. The Kier molecular flexibility index (Phi) is 7.48. The van der Waals surface area contributed by atoms with E-state index in [0.717, 1.165) is 5.56 Å². The second-order valence-corrected chi connectivity index (χ2v) is 7.05. The van der Waals surface area contributed by atoms with Crippen LogP contribution in [0.2, 0.25) is 0 Å². The SMILES string of the molecule is Cc1cccc(C(=O)Oc2ccc(C=NNC(=O)C(C)Oc3ccccc3[N+](=O)[O-])cc2)c1. The number of carbonyl (C=O) groups excluding carboxylic acids is 2. The molecule has 0 saturated carbocycles. The molecule has 33 heavy (non-hydrogen) atoms. The number of hydrogen-bond acceptors (Lipinski definition) is 7. The highest BCUT2D eigenvalue weighted by Crippen LogP contribution is 2.26. The lowest BCUT2D eigenvalue weighted by molar-refractivity contribution is -0.386. The summed E-state index contributed by atoms with van der Waals surface area (Å²) in [5.74, 6) is -0.674. The second kappa shape index (κ2) is 10.7. The quantitative estimate of drug-likeness (QED) is 0.183. The molecule has 0 bridgehead atoms. The van der Waals surface area contributed by atoms with E-state index < -0.39 is 22.9 Å². The van der Waals surface area contributed by atoms with E-state index in [0.29, 0.717) is 16.9 Å². The molecule has 1 amide bonds. The largest absolute Gasteiger partial charge is 0.474 e. The van der Waals surface area contributed by atoms with Gasteiger partial charge in [0.05, 0.1) is 16.7 Å². The number of benzene rings is 3. The summed E-state index contributed by atoms with van der Waals surface area (Å²) in [5, 5.41) is 14.9. The average Bonchev–Trinajstić information content (AvgIpc) is 2.80. The van der Waals surface area contributed by atoms with Crippen molar-refractivity contribution in [1.29, 1.82) is 0 Å². The maximum atomic E-state index is 12.2. The summed E-state index contributed by atoms with van der Waals surface area (Å²) in [6, 6.07) is 19.4. The summed E-state index contributed by atoms with van der Waals surface area (Å²) in [6.45, 7) is 3.35. The molecule has 1 N–H and O–H groups in total. The normalized spacial score (nSPS) is 11.6. The van der Waals surface area contributed by atoms with Crippen LogP contribution in [-0.2, 0) is 4.79 Å². The van der Waals surface area contributed by atoms with Crippen LogP contribution in [-0.4, -0.2) is 29.1 Å². The monoisotopic (exact) mass is 447 g/mol. The zero-order valence-corrected chi connectivity index (χ0v) is 17.9. The predicted octanol–water partition coefficient (Wildman–Crippen LogP) is 4.04. The first-order chi connectivity index (χ1) is 15.8. The van der Waals surface area contributed by atoms with Crippen molar-refractivity contribution >= 4 is 23.8 Å². The van der Waals surface area contributed by atoms with E-state index in [2.05, 4.69) is 10.5 Å². The van der Waals surface area contributed by atoms with E-state index in [-0.39, 0.29) is 11.4 Å². The van der Waals surface area contributed by atoms with E-state index in [4.69, 9.17) is 9.47 Å². The maximum absolute atomic E-state index is 12.2. The highest BCUT2D eigenvalue weighted by Gasteiger charge is 2.20. The van der Waals surface area contributed by atoms with Gasteiger partial charge < -0.3 is 9.47 Å². The van der Waals surface area contributed by atoms with Gasteiger partial charge in [-0.2, -0.15) is 5.10 Å². The first-order valence-corrected chi connectivity index (χ1v) is 9.95. The number of esters is 1. The number of carbonyl (C=O) groups is 2. The zero-order valence-electron chi connectivity index (χ0n) is 17.9. The molecular weight excluding hydrogens is 426 g/mol. The lowest BCUT2D eigenvalue weighted by Gasteiger charge is -2.12. The highest BCUT2D eigenvalue weighted by atomic mass is 16.6. The Morgan fingerprint density at radius 3 is 2.48 bits per heavy atom. The van der Waals surface area contributed by atoms with Crippen LogP contribution in [0.4, 0.5) is 5.69 Å². The van der Waals surface area contributed by atoms with Crippen LogP contribution in [0.15, 0.2) is 77.9 Å². The second-order valence-electron chi connectivity index (χ2n) is 7.05. The number of hydrazone groups is 1. The molecule has 3 rings (SSSR count). The lowest BCUT2D eigenvalue weighted by atomic mass is 10.1. The minimum Gasteiger partial charge on any atom is -0.474 e. The lowest BCUT2D eigenvalue weighted by Crippen LogP contribution is -2.33. The van der Waals surface area contributed by atoms with Crippen molar-refractivity contribution in [3.8, 4) is 11.5 Å². The molecular formula is C24H21N3O6. The van der Waals surface area contributed by atoms with Crippen molar-refractivity contribution < 1.29 is 24.0 Å². The van der Waals surface area contributed by atoms with Crippen molar-refractivity contribution in [2.75, 3.05) is 0 Å². The van der Waals surface area contributed by atoms with Crippen LogP contribution in [0.3, 0.4) is 0 Å². The summed E-state index contributed by atoms with van der Waals surface area (Å²) in [5.41, 5.74) is 4.16. The Labute approximate surface area is 189 Å². The van der Waals surface area contributed by atoms with Gasteiger partial charge in [0, 0.05) is 6.07 Å². The zero-order chi connectivity index (χ0) is 23.8. The molecule has 0 aliphatic carbocycles. The molecule has 3 aromatic rings. The van der Waals surface area contributed by atoms with Gasteiger partial charge in [-0.15, -0.1) is 0 Å². The molecule has 0 aromatic heterocycles. The van der Waals surface area contributed by atoms with Crippen LogP contribution in [0.5, 0.6) is 11.5 Å². The Bertz CT molecular complexity index is 1190. The van der Waals surface area contributed by atoms with Gasteiger partial charge in [-0.3, -0.25) is 14.9 Å². The number of hydrogen-bond donors (Lipinski definition) is 1. The summed E-state index contributed by atoms with van der Waals surface area (Å²) in [4.78, 5) is 34.8. The van der Waals surface area contributed by atoms with Crippen molar-refractivity contribution in [2.24, 2.45) is 5.10 Å². The fraction of sp³-hybridized carbons (Fsp3) is 0.125. The van der Waals surface area contributed by atoms with Crippen molar-refractivity contribution in [1.82, 2.24) is 5.43 Å². The van der Waals surface area contributed by atoms with Gasteiger partial charge in [-0.1, -0.05) is 29.8 Å². The summed E-state index contributed by atoms with van der Waals surface area (Å²) < 4.78 is 10.7. The molecule has 0 heterocycles. The molecule has 0 radical (unpaired) electrons. The van der Waals surface area contributed by atoms with Crippen LogP contribution >= 0.6 is 0 Å². The van der Waals surface area contributed by atoms with Crippen molar-refractivity contribution in [3.63, 3.8) is 0 Å². The third kappa shape index (κ3) is 6.47. The molecule has 0 aliphatic rings. The fourth-order valence-corrected chi connectivity index (χ4v) is 2.77. The van der Waals surface area contributed by atoms with Crippen LogP contribution in [0, 0.1) is 17.0 Å². The van der Waals surface area contributed by atoms with Gasteiger partial charge in [0.1, 0.15) is 5.75 Å². The molecule has 0 saturated heterocycles. The molecule has 1 unspecified atom stereocenters. The Morgan fingerprint density at radius 2 is 1.79 bits per heavy atom. The summed E-state index contributed by atoms with van der Waals surface area (Å²) in [6.07, 6.45) is 0.397. The summed E-state index contributed by atoms with van der Waals surface area (Å²) >= 11 is 0. The number of nitrogens with zero attached hydrogens (tertiary/aromatic N) is 2. The molecule has 3 aromatic carbocycles. The van der Waals surface area contributed by atoms with Gasteiger partial charge in [0.25, 0.3) is 5.91 Å². The molecule has 9 nitrogen and oxygen atoms in total. The summed E-state index contributed by atoms with van der Waals surface area (Å²) in [7, 11) is 0. The van der Waals surface area contributed by atoms with Crippen LogP contribution in [0.1, 0.15) is 28.4 Å². The Hall–Kier alpha value is -4.53. The highest BCUT2D eigenvalue weighted by molar-refractivity contribution is 5.91. The van der Waals surface area contributed by atoms with Crippen molar-refractivity contribution in [3.05, 3.63) is 99.6 Å². The molecule has 0 spiro atoms. The molecule has 0 aliphatic heterocycles. The number of amides is 1. The van der Waals surface area contributed by atoms with Gasteiger partial charge in [-0.25, -0.2) is 10.2 Å². The van der Waals surface area contributed by atoms with E-state index in [1.807, 2.05) is 13.0 Å². The molecule has 168 valence electrons. The number of para-hydroxylation sites is 2. The molecule has 0 fully saturated rings. The molecule has 1 atom stereocenters. The van der Waals surface area contributed by atoms with Gasteiger partial charge in [0.2, 0.25) is 0 Å². The smallest absolute Gasteiger partial charge is 0.343 e. The topological polar surface area (TPSA) is 120 Å². The van der Waals surface area contributed by atoms with E-state index in [9.17, 15) is 19.7 Å². The first kappa shape index (κ1) is 23.1. The maximum Gasteiger partial charge on any atom is 0.343 e. The van der Waals surface area contributed by atoms with E-state index in [1.165, 1.54) is 31.3 Å². The standard InChI is InChI=1S/C24H21N3O6/c1-16-6-5-7-19(14-16)24(29)33-20-12-10-18(11-13-20)15-25-26-23(28)17(2)32-22-9-4-3-8-21(22)27(30)31/h3-15,17H,1-2H3,(H,26,28). The fourth-order valence-electron chi connectivity index (χ4n) is 2.77. The Morgan fingerprint density at radius 1 is 1.06 bits per heavy atom. The van der Waals surface area contributed by atoms with Gasteiger partial charge in [-0.05, 0) is 61.9 Å². The Balaban J connectivity index is 1.53. The van der Waals surface area contributed by atoms with Crippen molar-refractivity contribution in [2.45, 2.75) is 20.0 Å². The average molecular weight is 447 g/mol. The number of nitro groups is 1. The van der Waals surface area contributed by atoms with Crippen LogP contribution in [0.25, 0.3) is 0 Å². The van der Waals surface area contributed by atoms with E-state index >= 15 is 0 Å². The van der Waals surface area contributed by atoms with Gasteiger partial charge >= 0.3 is 11.7 Å². The van der Waals surface area contributed by atoms with Crippen LogP contribution < -0.4 is 14.9 Å². The van der Waals surface area contributed by atoms with E-state index in [1.54, 1.807) is 48.5 Å². The van der Waals surface area contributed by atoms with Gasteiger partial charge in [0.15, 0.2) is 11.9 Å².